The lowest BCUT2D eigenvalue weighted by Crippen LogP contribution is -2.35. The maximum Gasteiger partial charge on any atom is 0.490 e. The summed E-state index contributed by atoms with van der Waals surface area (Å²) in [4.78, 5) is 26.5. The van der Waals surface area contributed by atoms with Gasteiger partial charge in [0.15, 0.2) is 0 Å². The molecule has 192 valence electrons. The fraction of sp³-hybridized carbons (Fsp3) is 0.346. The number of nitrogens with one attached hydrogen (secondary N) is 3. The molecular weight excluding hydrogens is 473 g/mol. The minimum Gasteiger partial charge on any atom is -0.475 e. The van der Waals surface area contributed by atoms with E-state index in [0.717, 1.165) is 48.3 Å². The van der Waals surface area contributed by atoms with E-state index in [1.54, 1.807) is 0 Å². The van der Waals surface area contributed by atoms with Crippen molar-refractivity contribution in [3.05, 3.63) is 71.4 Å². The number of aryl methyl sites for hydroxylation is 1. The minimum absolute atomic E-state index is 0.115. The Hall–Kier alpha value is -3.66. The van der Waals surface area contributed by atoms with Gasteiger partial charge < -0.3 is 21.1 Å². The number of hydrogen-bond acceptors (Lipinski definition) is 5. The van der Waals surface area contributed by atoms with Crippen molar-refractivity contribution in [2.75, 3.05) is 18.4 Å². The van der Waals surface area contributed by atoms with Crippen LogP contribution in [0.25, 0.3) is 10.8 Å². The van der Waals surface area contributed by atoms with Crippen molar-refractivity contribution >= 4 is 28.5 Å². The normalized spacial score (nSPS) is 14.9. The molecule has 10 heteroatoms. The summed E-state index contributed by atoms with van der Waals surface area (Å²) in [6.07, 6.45) is -2.95. The molecule has 2 aromatic carbocycles. The second kappa shape index (κ2) is 11.9. The van der Waals surface area contributed by atoms with Crippen molar-refractivity contribution in [2.24, 2.45) is 0 Å². The summed E-state index contributed by atoms with van der Waals surface area (Å²) in [6, 6.07) is 18.7. The Labute approximate surface area is 207 Å². The first-order valence-corrected chi connectivity index (χ1v) is 11.6. The zero-order chi connectivity index (χ0) is 26.3. The highest BCUT2D eigenvalue weighted by atomic mass is 19.4. The van der Waals surface area contributed by atoms with Crippen molar-refractivity contribution < 1.29 is 27.9 Å². The van der Waals surface area contributed by atoms with Crippen molar-refractivity contribution in [1.29, 1.82) is 0 Å². The van der Waals surface area contributed by atoms with E-state index in [1.165, 1.54) is 5.39 Å². The van der Waals surface area contributed by atoms with Crippen LogP contribution in [0.15, 0.2) is 54.6 Å². The van der Waals surface area contributed by atoms with Crippen LogP contribution in [0.2, 0.25) is 0 Å². The number of alkyl halides is 3. The van der Waals surface area contributed by atoms with Gasteiger partial charge in [0.25, 0.3) is 5.91 Å². The molecule has 1 aliphatic rings. The van der Waals surface area contributed by atoms with Crippen molar-refractivity contribution in [1.82, 2.24) is 15.6 Å². The number of piperidine rings is 1. The standard InChI is InChI=1S/C24H28N4O.C2HF3O2/c1-16-10-11-22(27-19-12-14-25-15-13-19)28-23(16)24(29)26-17(2)20-9-5-7-18-6-3-4-8-21(18)20;3-2(4,5)1(6)7/h3-11,17,19,25H,12-15H2,1-2H3,(H,26,29)(H,27,28);(H,6,7)/t17-;/m1./s1. The van der Waals surface area contributed by atoms with Gasteiger partial charge in [0.05, 0.1) is 6.04 Å². The van der Waals surface area contributed by atoms with Gasteiger partial charge in [-0.2, -0.15) is 13.2 Å². The van der Waals surface area contributed by atoms with E-state index in [-0.39, 0.29) is 11.9 Å². The predicted molar refractivity (Wildman–Crippen MR) is 132 cm³/mol. The number of anilines is 1. The molecule has 36 heavy (non-hydrogen) atoms. The van der Waals surface area contributed by atoms with Crippen LogP contribution in [0.1, 0.15) is 47.4 Å². The molecule has 0 aliphatic carbocycles. The smallest absolute Gasteiger partial charge is 0.475 e. The molecule has 3 aromatic rings. The molecule has 1 aliphatic heterocycles. The SMILES string of the molecule is Cc1ccc(NC2CCNCC2)nc1C(=O)N[C@H](C)c1cccc2ccccc12.O=C(O)C(F)(F)F. The summed E-state index contributed by atoms with van der Waals surface area (Å²) in [5.41, 5.74) is 2.47. The average molecular weight is 503 g/mol. The number of aromatic nitrogens is 1. The first kappa shape index (κ1) is 26.9. The molecule has 0 spiro atoms. The van der Waals surface area contributed by atoms with Crippen LogP contribution in [0, 0.1) is 6.92 Å². The fourth-order valence-electron chi connectivity index (χ4n) is 3.99. The van der Waals surface area contributed by atoms with Crippen molar-refractivity contribution in [3.63, 3.8) is 0 Å². The number of pyridine rings is 1. The van der Waals surface area contributed by atoms with Crippen LogP contribution in [-0.2, 0) is 4.79 Å². The number of amides is 1. The first-order chi connectivity index (χ1) is 17.1. The minimum atomic E-state index is -5.08. The molecule has 1 fully saturated rings. The molecule has 2 heterocycles. The van der Waals surface area contributed by atoms with Crippen molar-refractivity contribution in [3.8, 4) is 0 Å². The number of fused-ring (bicyclic) bond motifs is 1. The quantitative estimate of drug-likeness (QED) is 0.399. The molecule has 0 unspecified atom stereocenters. The van der Waals surface area contributed by atoms with Gasteiger partial charge in [0, 0.05) is 6.04 Å². The highest BCUT2D eigenvalue weighted by molar-refractivity contribution is 5.95. The first-order valence-electron chi connectivity index (χ1n) is 11.6. The largest absolute Gasteiger partial charge is 0.490 e. The number of carbonyl (C=O) groups is 2. The van der Waals surface area contributed by atoms with Gasteiger partial charge in [0.1, 0.15) is 11.5 Å². The summed E-state index contributed by atoms with van der Waals surface area (Å²) < 4.78 is 31.7. The van der Waals surface area contributed by atoms with Crippen LogP contribution < -0.4 is 16.0 Å². The van der Waals surface area contributed by atoms with E-state index in [2.05, 4.69) is 45.2 Å². The van der Waals surface area contributed by atoms with Gasteiger partial charge in [-0.05, 0) is 67.7 Å². The zero-order valence-corrected chi connectivity index (χ0v) is 20.0. The Kier molecular flexibility index (Phi) is 8.87. The number of carbonyl (C=O) groups excluding carboxylic acids is 1. The highest BCUT2D eigenvalue weighted by Crippen LogP contribution is 2.24. The molecule has 1 amide bonds. The predicted octanol–water partition coefficient (Wildman–Crippen LogP) is 4.83. The van der Waals surface area contributed by atoms with E-state index in [4.69, 9.17) is 9.90 Å². The maximum atomic E-state index is 13.0. The third kappa shape index (κ3) is 7.17. The van der Waals surface area contributed by atoms with Crippen LogP contribution in [0.4, 0.5) is 19.0 Å². The van der Waals surface area contributed by atoms with E-state index in [0.29, 0.717) is 11.7 Å². The molecule has 0 radical (unpaired) electrons. The summed E-state index contributed by atoms with van der Waals surface area (Å²) >= 11 is 0. The summed E-state index contributed by atoms with van der Waals surface area (Å²) in [5.74, 6) is -2.13. The number of nitrogens with zero attached hydrogens (tertiary/aromatic N) is 1. The highest BCUT2D eigenvalue weighted by Gasteiger charge is 2.38. The fourth-order valence-corrected chi connectivity index (χ4v) is 3.99. The lowest BCUT2D eigenvalue weighted by atomic mass is 9.99. The number of halogens is 3. The monoisotopic (exact) mass is 502 g/mol. The van der Waals surface area contributed by atoms with Gasteiger partial charge >= 0.3 is 12.1 Å². The average Bonchev–Trinajstić information content (AvgIpc) is 2.85. The molecule has 7 nitrogen and oxygen atoms in total. The second-order valence-electron chi connectivity index (χ2n) is 8.60. The van der Waals surface area contributed by atoms with Gasteiger partial charge in [-0.15, -0.1) is 0 Å². The van der Waals surface area contributed by atoms with Gasteiger partial charge in [-0.25, -0.2) is 9.78 Å². The number of aliphatic carboxylic acids is 1. The van der Waals surface area contributed by atoms with E-state index in [9.17, 15) is 18.0 Å². The summed E-state index contributed by atoms with van der Waals surface area (Å²) in [7, 11) is 0. The Balaban J connectivity index is 0.000000454. The van der Waals surface area contributed by atoms with Gasteiger partial charge in [0.2, 0.25) is 0 Å². The zero-order valence-electron chi connectivity index (χ0n) is 20.0. The van der Waals surface area contributed by atoms with E-state index in [1.807, 2.05) is 44.2 Å². The van der Waals surface area contributed by atoms with Crippen LogP contribution >= 0.6 is 0 Å². The van der Waals surface area contributed by atoms with E-state index >= 15 is 0 Å². The Morgan fingerprint density at radius 1 is 1.06 bits per heavy atom. The lowest BCUT2D eigenvalue weighted by molar-refractivity contribution is -0.192. The van der Waals surface area contributed by atoms with Gasteiger partial charge in [-0.1, -0.05) is 48.5 Å². The maximum absolute atomic E-state index is 13.0. The van der Waals surface area contributed by atoms with Crippen molar-refractivity contribution in [2.45, 2.75) is 44.9 Å². The number of carboxylic acid groups (broad SMARTS) is 1. The molecule has 0 saturated carbocycles. The molecule has 1 aromatic heterocycles. The Morgan fingerprint density at radius 3 is 2.36 bits per heavy atom. The number of rotatable bonds is 5. The van der Waals surface area contributed by atoms with Crippen LogP contribution in [0.5, 0.6) is 0 Å². The third-order valence-electron chi connectivity index (χ3n) is 5.88. The Bertz CT molecular complexity index is 1210. The molecular formula is C26H29F3N4O3. The van der Waals surface area contributed by atoms with Crippen LogP contribution in [0.3, 0.4) is 0 Å². The lowest BCUT2D eigenvalue weighted by Gasteiger charge is -2.24. The molecule has 0 bridgehead atoms. The number of benzene rings is 2. The summed E-state index contributed by atoms with van der Waals surface area (Å²) in [6.45, 7) is 5.98. The van der Waals surface area contributed by atoms with Gasteiger partial charge in [-0.3, -0.25) is 4.79 Å². The second-order valence-corrected chi connectivity index (χ2v) is 8.60. The molecule has 1 atom stereocenters. The van der Waals surface area contributed by atoms with Crippen LogP contribution in [-0.4, -0.2) is 47.3 Å². The molecule has 4 N–H and O–H groups in total. The summed E-state index contributed by atoms with van der Waals surface area (Å²) in [5, 5.41) is 19.4. The van der Waals surface area contributed by atoms with E-state index < -0.39 is 12.1 Å². The molecule has 1 saturated heterocycles. The topological polar surface area (TPSA) is 103 Å². The number of carboxylic acids is 1. The number of hydrogen-bond donors (Lipinski definition) is 4. The molecule has 4 rings (SSSR count). The third-order valence-corrected chi connectivity index (χ3v) is 5.88. The Morgan fingerprint density at radius 2 is 1.69 bits per heavy atom.